The van der Waals surface area contributed by atoms with Gasteiger partial charge in [-0.05, 0) is 66.7 Å². The number of nitrogens with zero attached hydrogens (tertiary/aromatic N) is 2. The Morgan fingerprint density at radius 3 is 2.31 bits per heavy atom. The number of piperidine rings is 3. The third-order valence-electron chi connectivity index (χ3n) is 10.6. The molecule has 0 spiro atoms. The summed E-state index contributed by atoms with van der Waals surface area (Å²) < 4.78 is 0. The van der Waals surface area contributed by atoms with Crippen LogP contribution in [0.3, 0.4) is 0 Å². The number of H-pyrrole nitrogens is 1. The summed E-state index contributed by atoms with van der Waals surface area (Å²) in [6, 6.07) is 27.2. The molecule has 2 bridgehead atoms. The minimum Gasteiger partial charge on any atom is -0.360 e. The fourth-order valence-electron chi connectivity index (χ4n) is 7.67. The third-order valence-corrected chi connectivity index (χ3v) is 10.6. The molecule has 5 aromatic rings. The smallest absolute Gasteiger partial charge is 0.254 e. The van der Waals surface area contributed by atoms with E-state index in [4.69, 9.17) is 0 Å². The van der Waals surface area contributed by atoms with Gasteiger partial charge >= 0.3 is 0 Å². The number of benzene rings is 4. The van der Waals surface area contributed by atoms with E-state index in [1.165, 1.54) is 0 Å². The molecule has 4 amide bonds. The molecule has 0 saturated carbocycles. The van der Waals surface area contributed by atoms with Gasteiger partial charge in [0.05, 0.1) is 12.0 Å². The number of likely N-dealkylation sites (N-methyl/N-ethyl adjacent to an activating group) is 1. The van der Waals surface area contributed by atoms with Gasteiger partial charge in [0, 0.05) is 49.7 Å². The van der Waals surface area contributed by atoms with Crippen molar-refractivity contribution in [3.8, 4) is 0 Å². The molecule has 10 nitrogen and oxygen atoms in total. The van der Waals surface area contributed by atoms with Crippen molar-refractivity contribution in [2.75, 3.05) is 26.7 Å². The maximum atomic E-state index is 14.3. The number of rotatable bonds is 12. The second kappa shape index (κ2) is 15.4. The minimum absolute atomic E-state index is 0.000633. The quantitative estimate of drug-likeness (QED) is 0.150. The maximum absolute atomic E-state index is 14.3. The van der Waals surface area contributed by atoms with E-state index in [0.717, 1.165) is 65.5 Å². The number of hydrogen-bond donors (Lipinski definition) is 4. The first kappa shape index (κ1) is 34.9. The van der Waals surface area contributed by atoms with Crippen LogP contribution in [-0.2, 0) is 27.3 Å². The number of carbonyl (C=O) groups is 4. The molecule has 3 fully saturated rings. The van der Waals surface area contributed by atoms with E-state index in [1.54, 1.807) is 18.1 Å². The summed E-state index contributed by atoms with van der Waals surface area (Å²) >= 11 is 0. The summed E-state index contributed by atoms with van der Waals surface area (Å²) in [6.45, 7) is 5.22. The number of aromatic nitrogens is 1. The largest absolute Gasteiger partial charge is 0.360 e. The molecule has 8 rings (SSSR count). The predicted octanol–water partition coefficient (Wildman–Crippen LogP) is 4.71. The Morgan fingerprint density at radius 2 is 1.56 bits per heavy atom. The zero-order valence-corrected chi connectivity index (χ0v) is 29.7. The average Bonchev–Trinajstić information content (AvgIpc) is 3.60. The van der Waals surface area contributed by atoms with Crippen molar-refractivity contribution in [1.29, 1.82) is 0 Å². The lowest BCUT2D eigenvalue weighted by Crippen LogP contribution is -2.59. The highest BCUT2D eigenvalue weighted by atomic mass is 16.2. The fourth-order valence-corrected chi connectivity index (χ4v) is 7.67. The molecular formula is C42H46N6O4. The first-order chi connectivity index (χ1) is 25.2. The van der Waals surface area contributed by atoms with E-state index in [1.807, 2.05) is 97.9 Å². The minimum atomic E-state index is -1.23. The highest BCUT2D eigenvalue weighted by molar-refractivity contribution is 6.08. The lowest BCUT2D eigenvalue weighted by atomic mass is 9.84. The predicted molar refractivity (Wildman–Crippen MR) is 203 cm³/mol. The van der Waals surface area contributed by atoms with Gasteiger partial charge in [0.1, 0.15) is 12.1 Å². The van der Waals surface area contributed by atoms with Gasteiger partial charge in [-0.25, -0.2) is 0 Å². The maximum Gasteiger partial charge on any atom is 0.254 e. The Morgan fingerprint density at radius 1 is 0.846 bits per heavy atom. The summed E-state index contributed by atoms with van der Waals surface area (Å²) in [6.07, 6.45) is 3.62. The van der Waals surface area contributed by atoms with Crippen molar-refractivity contribution in [3.05, 3.63) is 119 Å². The van der Waals surface area contributed by atoms with Crippen LogP contribution in [0.25, 0.3) is 21.7 Å². The number of para-hydroxylation sites is 1. The molecule has 4 N–H and O–H groups in total. The van der Waals surface area contributed by atoms with Crippen LogP contribution < -0.4 is 16.0 Å². The van der Waals surface area contributed by atoms with E-state index in [2.05, 4.69) is 25.8 Å². The van der Waals surface area contributed by atoms with Crippen molar-refractivity contribution in [2.45, 2.75) is 57.3 Å². The molecule has 1 aromatic heterocycles. The van der Waals surface area contributed by atoms with Crippen LogP contribution in [0.2, 0.25) is 0 Å². The van der Waals surface area contributed by atoms with Gasteiger partial charge in [-0.3, -0.25) is 19.2 Å². The van der Waals surface area contributed by atoms with E-state index >= 15 is 0 Å². The molecule has 268 valence electrons. The number of amides is 4. The monoisotopic (exact) mass is 698 g/mol. The van der Waals surface area contributed by atoms with Crippen LogP contribution in [-0.4, -0.2) is 83.2 Å². The molecule has 4 heterocycles. The van der Waals surface area contributed by atoms with E-state index in [-0.39, 0.29) is 30.7 Å². The van der Waals surface area contributed by atoms with Crippen LogP contribution >= 0.6 is 0 Å². The van der Waals surface area contributed by atoms with Crippen molar-refractivity contribution >= 4 is 45.3 Å². The average molecular weight is 699 g/mol. The topological polar surface area (TPSA) is 127 Å². The second-order valence-corrected chi connectivity index (χ2v) is 14.4. The standard InChI is InChI=1S/C42H46N6O4/c1-27-11-13-28(14-12-27)25-47(2)42(52)37(22-29-15-16-30-7-3-4-8-32(30)21-29)46-41(51)36(23-39(49)44-38-26-48-19-17-31(38)18-20-48)45-40(50)34-24-43-35-10-6-5-9-33(34)35/h3-16,21,24,31,36-38,43H,17-20,22-23,25-26H2,1-2H3,(H,44,49)(H,45,50)(H,46,51)/t36-,37-,38?/m0/s1. The molecule has 3 saturated heterocycles. The van der Waals surface area contributed by atoms with E-state index in [0.29, 0.717) is 23.4 Å². The number of carbonyl (C=O) groups excluding carboxylic acids is 4. The van der Waals surface area contributed by atoms with Crippen LogP contribution in [0.5, 0.6) is 0 Å². The molecule has 0 radical (unpaired) electrons. The summed E-state index contributed by atoms with van der Waals surface area (Å²) in [5.41, 5.74) is 4.11. The first-order valence-corrected chi connectivity index (χ1v) is 18.2. The van der Waals surface area contributed by atoms with Crippen molar-refractivity contribution < 1.29 is 19.2 Å². The Kier molecular flexibility index (Phi) is 10.4. The van der Waals surface area contributed by atoms with Gasteiger partial charge < -0.3 is 30.7 Å². The van der Waals surface area contributed by atoms with Crippen LogP contribution in [0.4, 0.5) is 0 Å². The first-order valence-electron chi connectivity index (χ1n) is 18.2. The van der Waals surface area contributed by atoms with Gasteiger partial charge in [0.2, 0.25) is 17.7 Å². The molecular weight excluding hydrogens is 652 g/mol. The van der Waals surface area contributed by atoms with E-state index < -0.39 is 23.9 Å². The fraction of sp³-hybridized carbons (Fsp3) is 0.333. The highest BCUT2D eigenvalue weighted by Crippen LogP contribution is 2.27. The van der Waals surface area contributed by atoms with Gasteiger partial charge in [-0.2, -0.15) is 0 Å². The second-order valence-electron chi connectivity index (χ2n) is 14.4. The van der Waals surface area contributed by atoms with Gasteiger partial charge in [-0.1, -0.05) is 90.5 Å². The highest BCUT2D eigenvalue weighted by Gasteiger charge is 2.36. The Labute approximate surface area is 303 Å². The molecule has 0 aliphatic carbocycles. The molecule has 10 heteroatoms. The number of fused-ring (bicyclic) bond motifs is 5. The molecule has 3 aliphatic heterocycles. The number of nitrogens with one attached hydrogen (secondary N) is 4. The van der Waals surface area contributed by atoms with Crippen LogP contribution in [0, 0.1) is 12.8 Å². The SMILES string of the molecule is Cc1ccc(CN(C)C(=O)[C@H](Cc2ccc3ccccc3c2)NC(=O)[C@H](CC(=O)NC2CN3CCC2CC3)NC(=O)c2c[nH]c3ccccc23)cc1. The summed E-state index contributed by atoms with van der Waals surface area (Å²) in [5.74, 6) is -1.27. The number of hydrogen-bond acceptors (Lipinski definition) is 5. The summed E-state index contributed by atoms with van der Waals surface area (Å²) in [5, 5.41) is 11.8. The Balaban J connectivity index is 1.14. The Bertz CT molecular complexity index is 2080. The van der Waals surface area contributed by atoms with Gasteiger partial charge in [0.15, 0.2) is 0 Å². The number of aromatic amines is 1. The molecule has 52 heavy (non-hydrogen) atoms. The van der Waals surface area contributed by atoms with Gasteiger partial charge in [0.25, 0.3) is 5.91 Å². The summed E-state index contributed by atoms with van der Waals surface area (Å²) in [4.78, 5) is 62.9. The molecule has 3 aliphatic rings. The zero-order valence-electron chi connectivity index (χ0n) is 29.7. The lowest BCUT2D eigenvalue weighted by molar-refractivity contribution is -0.136. The normalized spacial score (nSPS) is 19.2. The third kappa shape index (κ3) is 8.02. The molecule has 3 atom stereocenters. The van der Waals surface area contributed by atoms with Crippen LogP contribution in [0.1, 0.15) is 46.3 Å². The Hall–Kier alpha value is -5.48. The van der Waals surface area contributed by atoms with E-state index in [9.17, 15) is 19.2 Å². The molecule has 4 aromatic carbocycles. The van der Waals surface area contributed by atoms with Crippen molar-refractivity contribution in [1.82, 2.24) is 30.7 Å². The van der Waals surface area contributed by atoms with Crippen molar-refractivity contribution in [2.24, 2.45) is 5.92 Å². The van der Waals surface area contributed by atoms with Crippen molar-refractivity contribution in [3.63, 3.8) is 0 Å². The number of aryl methyl sites for hydroxylation is 1. The molecule has 1 unspecified atom stereocenters. The lowest BCUT2D eigenvalue weighted by Gasteiger charge is -2.45. The zero-order chi connectivity index (χ0) is 36.2. The summed E-state index contributed by atoms with van der Waals surface area (Å²) in [7, 11) is 1.72. The van der Waals surface area contributed by atoms with Gasteiger partial charge in [-0.15, -0.1) is 0 Å². The van der Waals surface area contributed by atoms with Crippen LogP contribution in [0.15, 0.2) is 97.2 Å².